The number of rotatable bonds is 4. The van der Waals surface area contributed by atoms with Crippen LogP contribution in [0.4, 0.5) is 18.9 Å². The van der Waals surface area contributed by atoms with Gasteiger partial charge in [-0.15, -0.1) is 13.2 Å². The average Bonchev–Trinajstić information content (AvgIpc) is 2.15. The molecule has 1 aromatic carbocycles. The lowest BCUT2D eigenvalue weighted by Gasteiger charge is -2.09. The van der Waals surface area contributed by atoms with E-state index in [2.05, 4.69) is 4.74 Å². The van der Waals surface area contributed by atoms with Gasteiger partial charge in [0, 0.05) is 5.69 Å². The number of halogens is 4. The number of alkyl halides is 3. The Labute approximate surface area is 103 Å². The van der Waals surface area contributed by atoms with Crippen LogP contribution in [0.15, 0.2) is 23.1 Å². The highest BCUT2D eigenvalue weighted by atomic mass is 35.5. The molecule has 0 amide bonds. The summed E-state index contributed by atoms with van der Waals surface area (Å²) < 4.78 is 50.3. The van der Waals surface area contributed by atoms with Crippen LogP contribution < -0.4 is 5.73 Å². The standard InChI is InChI=1S/C9H9ClF3NO2S/c10-6-2-1-3-7(14)8(6)17(15)5-4-16-9(11,12)13/h1-3H,4-5,14H2. The molecule has 0 saturated heterocycles. The minimum Gasteiger partial charge on any atom is -0.398 e. The van der Waals surface area contributed by atoms with E-state index < -0.39 is 23.8 Å². The van der Waals surface area contributed by atoms with Crippen molar-refractivity contribution in [1.82, 2.24) is 0 Å². The lowest BCUT2D eigenvalue weighted by molar-refractivity contribution is -0.322. The fourth-order valence-corrected chi connectivity index (χ4v) is 2.60. The molecule has 1 aromatic rings. The number of nitrogens with two attached hydrogens (primary N) is 1. The average molecular weight is 288 g/mol. The van der Waals surface area contributed by atoms with E-state index in [-0.39, 0.29) is 21.4 Å². The maximum Gasteiger partial charge on any atom is 0.522 e. The molecule has 0 spiro atoms. The van der Waals surface area contributed by atoms with Crippen molar-refractivity contribution in [3.63, 3.8) is 0 Å². The van der Waals surface area contributed by atoms with E-state index >= 15 is 0 Å². The molecule has 0 aliphatic heterocycles. The Kier molecular flexibility index (Phi) is 4.79. The largest absolute Gasteiger partial charge is 0.522 e. The quantitative estimate of drug-likeness (QED) is 0.866. The van der Waals surface area contributed by atoms with Crippen molar-refractivity contribution in [2.24, 2.45) is 0 Å². The van der Waals surface area contributed by atoms with Crippen molar-refractivity contribution >= 4 is 28.1 Å². The van der Waals surface area contributed by atoms with E-state index in [0.29, 0.717) is 0 Å². The number of hydrogen-bond donors (Lipinski definition) is 1. The predicted octanol–water partition coefficient (Wildman–Crippen LogP) is 2.57. The number of benzene rings is 1. The molecule has 0 radical (unpaired) electrons. The SMILES string of the molecule is Nc1cccc(Cl)c1S(=O)CCOC(F)(F)F. The van der Waals surface area contributed by atoms with E-state index in [9.17, 15) is 17.4 Å². The maximum atomic E-state index is 11.7. The normalized spacial score (nSPS) is 13.6. The molecule has 0 aliphatic carbocycles. The Hall–Kier alpha value is -0.790. The molecule has 1 rings (SSSR count). The zero-order valence-electron chi connectivity index (χ0n) is 8.46. The first-order valence-corrected chi connectivity index (χ1v) is 6.14. The van der Waals surface area contributed by atoms with E-state index in [0.717, 1.165) is 0 Å². The predicted molar refractivity (Wildman–Crippen MR) is 59.1 cm³/mol. The molecular formula is C9H9ClF3NO2S. The summed E-state index contributed by atoms with van der Waals surface area (Å²) in [7, 11) is -1.72. The second-order valence-electron chi connectivity index (χ2n) is 3.00. The lowest BCUT2D eigenvalue weighted by atomic mass is 10.3. The third kappa shape index (κ3) is 4.53. The first-order valence-electron chi connectivity index (χ1n) is 4.44. The first kappa shape index (κ1) is 14.3. The molecule has 0 fully saturated rings. The Balaban J connectivity index is 2.65. The van der Waals surface area contributed by atoms with Crippen molar-refractivity contribution in [3.05, 3.63) is 23.2 Å². The van der Waals surface area contributed by atoms with Gasteiger partial charge in [-0.05, 0) is 12.1 Å². The van der Waals surface area contributed by atoms with Crippen LogP contribution in [0.3, 0.4) is 0 Å². The highest BCUT2D eigenvalue weighted by molar-refractivity contribution is 7.85. The topological polar surface area (TPSA) is 52.3 Å². The third-order valence-corrected chi connectivity index (χ3v) is 3.64. The van der Waals surface area contributed by atoms with Gasteiger partial charge >= 0.3 is 6.36 Å². The minimum atomic E-state index is -4.73. The molecule has 0 aromatic heterocycles. The van der Waals surface area contributed by atoms with Gasteiger partial charge in [-0.1, -0.05) is 17.7 Å². The van der Waals surface area contributed by atoms with E-state index in [1.54, 1.807) is 6.07 Å². The van der Waals surface area contributed by atoms with Crippen LogP contribution >= 0.6 is 11.6 Å². The van der Waals surface area contributed by atoms with Gasteiger partial charge in [-0.25, -0.2) is 0 Å². The van der Waals surface area contributed by atoms with E-state index in [4.69, 9.17) is 17.3 Å². The van der Waals surface area contributed by atoms with Crippen LogP contribution in [0, 0.1) is 0 Å². The molecule has 0 saturated carbocycles. The number of ether oxygens (including phenoxy) is 1. The Bertz CT molecular complexity index is 405. The Morgan fingerprint density at radius 1 is 1.41 bits per heavy atom. The monoisotopic (exact) mass is 287 g/mol. The fourth-order valence-electron chi connectivity index (χ4n) is 1.10. The van der Waals surface area contributed by atoms with Crippen LogP contribution in [-0.4, -0.2) is 22.9 Å². The summed E-state index contributed by atoms with van der Waals surface area (Å²) in [5, 5.41) is 0.162. The second-order valence-corrected chi connectivity index (χ2v) is 4.92. The van der Waals surface area contributed by atoms with Gasteiger partial charge in [0.1, 0.15) is 0 Å². The first-order chi connectivity index (χ1) is 7.81. The van der Waals surface area contributed by atoms with Gasteiger partial charge < -0.3 is 5.73 Å². The maximum absolute atomic E-state index is 11.7. The van der Waals surface area contributed by atoms with Gasteiger partial charge in [0.2, 0.25) is 0 Å². The van der Waals surface area contributed by atoms with Crippen molar-refractivity contribution in [1.29, 1.82) is 0 Å². The zero-order chi connectivity index (χ0) is 13.1. The molecular weight excluding hydrogens is 279 g/mol. The smallest absolute Gasteiger partial charge is 0.398 e. The molecule has 1 unspecified atom stereocenters. The van der Waals surface area contributed by atoms with Gasteiger partial charge in [0.15, 0.2) is 0 Å². The molecule has 2 N–H and O–H groups in total. The molecule has 8 heteroatoms. The summed E-state index contributed by atoms with van der Waals surface area (Å²) in [6.45, 7) is -0.708. The molecule has 17 heavy (non-hydrogen) atoms. The molecule has 3 nitrogen and oxygen atoms in total. The van der Waals surface area contributed by atoms with Crippen LogP contribution in [0.1, 0.15) is 0 Å². The number of nitrogen functional groups attached to an aromatic ring is 1. The van der Waals surface area contributed by atoms with E-state index in [1.807, 2.05) is 0 Å². The minimum absolute atomic E-state index is 0.139. The highest BCUT2D eigenvalue weighted by Gasteiger charge is 2.29. The highest BCUT2D eigenvalue weighted by Crippen LogP contribution is 2.26. The molecule has 0 bridgehead atoms. The van der Waals surface area contributed by atoms with Gasteiger partial charge in [-0.2, -0.15) is 0 Å². The van der Waals surface area contributed by atoms with Crippen LogP contribution in [0.5, 0.6) is 0 Å². The third-order valence-electron chi connectivity index (χ3n) is 1.76. The van der Waals surface area contributed by atoms with Crippen molar-refractivity contribution in [3.8, 4) is 0 Å². The summed E-state index contributed by atoms with van der Waals surface area (Å²) in [4.78, 5) is 0.139. The number of hydrogen-bond acceptors (Lipinski definition) is 3. The summed E-state index contributed by atoms with van der Waals surface area (Å²) in [6.07, 6.45) is -4.73. The van der Waals surface area contributed by atoms with Crippen LogP contribution in [0.2, 0.25) is 5.02 Å². The molecule has 0 heterocycles. The molecule has 0 aliphatic rings. The summed E-state index contributed by atoms with van der Waals surface area (Å²) >= 11 is 5.76. The van der Waals surface area contributed by atoms with Crippen LogP contribution in [0.25, 0.3) is 0 Å². The lowest BCUT2D eigenvalue weighted by Crippen LogP contribution is -2.18. The molecule has 96 valence electrons. The van der Waals surface area contributed by atoms with Crippen molar-refractivity contribution in [2.75, 3.05) is 18.1 Å². The Morgan fingerprint density at radius 3 is 2.59 bits per heavy atom. The van der Waals surface area contributed by atoms with Gasteiger partial charge in [-0.3, -0.25) is 8.95 Å². The zero-order valence-corrected chi connectivity index (χ0v) is 10.0. The van der Waals surface area contributed by atoms with E-state index in [1.165, 1.54) is 12.1 Å². The molecule has 1 atom stereocenters. The van der Waals surface area contributed by atoms with Gasteiger partial charge in [0.25, 0.3) is 0 Å². The van der Waals surface area contributed by atoms with Crippen molar-refractivity contribution in [2.45, 2.75) is 11.3 Å². The number of anilines is 1. The summed E-state index contributed by atoms with van der Waals surface area (Å²) in [6, 6.07) is 4.50. The summed E-state index contributed by atoms with van der Waals surface area (Å²) in [5.41, 5.74) is 5.72. The van der Waals surface area contributed by atoms with Gasteiger partial charge in [0.05, 0.1) is 33.1 Å². The second kappa shape index (κ2) is 5.70. The fraction of sp³-hybridized carbons (Fsp3) is 0.333. The van der Waals surface area contributed by atoms with Crippen molar-refractivity contribution < 1.29 is 22.1 Å². The Morgan fingerprint density at radius 2 is 2.06 bits per heavy atom. The summed E-state index contributed by atoms with van der Waals surface area (Å²) in [5.74, 6) is -0.326. The van der Waals surface area contributed by atoms with Crippen LogP contribution in [-0.2, 0) is 15.5 Å².